The van der Waals surface area contributed by atoms with Crippen LogP contribution >= 0.6 is 0 Å². The van der Waals surface area contributed by atoms with Crippen LogP contribution in [0.25, 0.3) is 0 Å². The molecule has 1 saturated carbocycles. The summed E-state index contributed by atoms with van der Waals surface area (Å²) < 4.78 is 18.9. The van der Waals surface area contributed by atoms with Gasteiger partial charge in [0.05, 0.1) is 0 Å². The Morgan fingerprint density at radius 3 is 2.62 bits per heavy atom. The highest BCUT2D eigenvalue weighted by atomic mass is 19.1. The predicted octanol–water partition coefficient (Wildman–Crippen LogP) is 4.75. The number of carbonyl (C=O) groups excluding carboxylic acids is 1. The Labute approximate surface area is 126 Å². The lowest BCUT2D eigenvalue weighted by Gasteiger charge is -2.30. The van der Waals surface area contributed by atoms with Crippen molar-refractivity contribution >= 4 is 5.97 Å². The Morgan fingerprint density at radius 2 is 2.05 bits per heavy atom. The van der Waals surface area contributed by atoms with Crippen molar-refractivity contribution in [3.8, 4) is 0 Å². The van der Waals surface area contributed by atoms with Crippen LogP contribution in [0.4, 0.5) is 4.39 Å². The van der Waals surface area contributed by atoms with E-state index in [1.54, 1.807) is 6.07 Å². The monoisotopic (exact) mass is 292 g/mol. The van der Waals surface area contributed by atoms with Crippen molar-refractivity contribution in [2.45, 2.75) is 64.9 Å². The van der Waals surface area contributed by atoms with Crippen LogP contribution in [-0.4, -0.2) is 12.1 Å². The number of esters is 1. The topological polar surface area (TPSA) is 26.3 Å². The van der Waals surface area contributed by atoms with E-state index in [2.05, 4.69) is 0 Å². The lowest BCUT2D eigenvalue weighted by Crippen LogP contribution is -2.28. The van der Waals surface area contributed by atoms with Gasteiger partial charge in [-0.3, -0.25) is 4.79 Å². The number of ether oxygens (including phenoxy) is 1. The first-order chi connectivity index (χ1) is 10.0. The minimum atomic E-state index is -0.209. The van der Waals surface area contributed by atoms with E-state index in [9.17, 15) is 9.18 Å². The minimum Gasteiger partial charge on any atom is -0.462 e. The third kappa shape index (κ3) is 3.84. The number of benzene rings is 1. The Balaban J connectivity index is 2.28. The van der Waals surface area contributed by atoms with Gasteiger partial charge in [0.1, 0.15) is 11.9 Å². The van der Waals surface area contributed by atoms with Gasteiger partial charge in [-0.25, -0.2) is 4.39 Å². The first kappa shape index (κ1) is 16.0. The largest absolute Gasteiger partial charge is 0.462 e. The third-order valence-electron chi connectivity index (χ3n) is 4.61. The third-order valence-corrected chi connectivity index (χ3v) is 4.61. The first-order valence-electron chi connectivity index (χ1n) is 7.98. The molecule has 2 atom stereocenters. The molecule has 1 aliphatic carbocycles. The molecule has 2 rings (SSSR count). The van der Waals surface area contributed by atoms with Crippen molar-refractivity contribution in [2.75, 3.05) is 0 Å². The van der Waals surface area contributed by atoms with E-state index in [0.29, 0.717) is 12.3 Å². The molecule has 1 aromatic carbocycles. The summed E-state index contributed by atoms with van der Waals surface area (Å²) in [5.74, 6) is 0.322. The molecule has 0 aliphatic heterocycles. The Kier molecular flexibility index (Phi) is 5.38. The molecule has 0 spiro atoms. The number of rotatable bonds is 5. The van der Waals surface area contributed by atoms with Crippen molar-refractivity contribution in [1.29, 1.82) is 0 Å². The summed E-state index contributed by atoms with van der Waals surface area (Å²) in [5.41, 5.74) is 2.08. The molecule has 0 aromatic heterocycles. The second-order valence-electron chi connectivity index (χ2n) is 6.12. The molecule has 1 fully saturated rings. The Bertz CT molecular complexity index is 492. The van der Waals surface area contributed by atoms with Crippen LogP contribution in [0.5, 0.6) is 0 Å². The van der Waals surface area contributed by atoms with Gasteiger partial charge in [0.2, 0.25) is 0 Å². The molecule has 21 heavy (non-hydrogen) atoms. The van der Waals surface area contributed by atoms with Gasteiger partial charge in [-0.2, -0.15) is 0 Å². The lowest BCUT2D eigenvalue weighted by molar-refractivity contribution is -0.149. The van der Waals surface area contributed by atoms with E-state index in [0.717, 1.165) is 24.0 Å². The zero-order valence-electron chi connectivity index (χ0n) is 13.2. The average molecular weight is 292 g/mol. The molecular weight excluding hydrogens is 267 g/mol. The molecule has 2 unspecified atom stereocenters. The van der Waals surface area contributed by atoms with Crippen LogP contribution in [0.15, 0.2) is 18.2 Å². The molecule has 3 heteroatoms. The van der Waals surface area contributed by atoms with Crippen LogP contribution in [0.3, 0.4) is 0 Å². The molecule has 2 nitrogen and oxygen atoms in total. The van der Waals surface area contributed by atoms with Crippen LogP contribution in [-0.2, 0) is 9.53 Å². The van der Waals surface area contributed by atoms with E-state index in [1.807, 2.05) is 26.8 Å². The molecule has 0 radical (unpaired) electrons. The zero-order chi connectivity index (χ0) is 15.4. The van der Waals surface area contributed by atoms with Gasteiger partial charge >= 0.3 is 5.97 Å². The minimum absolute atomic E-state index is 0.162. The molecule has 116 valence electrons. The smallest absolute Gasteiger partial charge is 0.305 e. The van der Waals surface area contributed by atoms with Crippen molar-refractivity contribution in [1.82, 2.24) is 0 Å². The Morgan fingerprint density at radius 1 is 1.38 bits per heavy atom. The summed E-state index contributed by atoms with van der Waals surface area (Å²) in [4.78, 5) is 11.6. The highest BCUT2D eigenvalue weighted by molar-refractivity contribution is 5.69. The highest BCUT2D eigenvalue weighted by Gasteiger charge is 2.33. The average Bonchev–Trinajstić information content (AvgIpc) is 2.95. The summed E-state index contributed by atoms with van der Waals surface area (Å²) in [6.07, 6.45) is 5.02. The Hall–Kier alpha value is -1.38. The summed E-state index contributed by atoms with van der Waals surface area (Å²) in [6, 6.07) is 4.95. The predicted molar refractivity (Wildman–Crippen MR) is 81.7 cm³/mol. The number of aryl methyl sites for hydroxylation is 1. The molecule has 1 aliphatic rings. The highest BCUT2D eigenvalue weighted by Crippen LogP contribution is 2.41. The standard InChI is InChI=1S/C18H25FO2/c1-4-17(20)21-13(3)18(14-7-5-6-8-14)16-10-9-15(19)11-12(16)2/h9-11,13-14,18H,4-8H2,1-3H3. The normalized spacial score (nSPS) is 18.5. The molecule has 1 aromatic rings. The molecule has 0 N–H and O–H groups in total. The van der Waals surface area contributed by atoms with Gasteiger partial charge in [-0.15, -0.1) is 0 Å². The zero-order valence-corrected chi connectivity index (χ0v) is 13.2. The maximum Gasteiger partial charge on any atom is 0.305 e. The molecule has 0 bridgehead atoms. The maximum absolute atomic E-state index is 13.4. The van der Waals surface area contributed by atoms with E-state index in [-0.39, 0.29) is 23.8 Å². The lowest BCUT2D eigenvalue weighted by atomic mass is 9.79. The number of halogens is 1. The van der Waals surface area contributed by atoms with Gasteiger partial charge in [-0.05, 0) is 55.9 Å². The van der Waals surface area contributed by atoms with Crippen molar-refractivity contribution in [3.63, 3.8) is 0 Å². The number of carbonyl (C=O) groups is 1. The van der Waals surface area contributed by atoms with E-state index in [1.165, 1.54) is 18.9 Å². The van der Waals surface area contributed by atoms with Gasteiger partial charge < -0.3 is 4.74 Å². The summed E-state index contributed by atoms with van der Waals surface area (Å²) in [5, 5.41) is 0. The second-order valence-corrected chi connectivity index (χ2v) is 6.12. The van der Waals surface area contributed by atoms with E-state index < -0.39 is 0 Å². The van der Waals surface area contributed by atoms with Gasteiger partial charge in [0.15, 0.2) is 0 Å². The second kappa shape index (κ2) is 7.06. The van der Waals surface area contributed by atoms with E-state index in [4.69, 9.17) is 4.74 Å². The van der Waals surface area contributed by atoms with E-state index >= 15 is 0 Å². The summed E-state index contributed by atoms with van der Waals surface area (Å²) in [7, 11) is 0. The van der Waals surface area contributed by atoms with Gasteiger partial charge in [0.25, 0.3) is 0 Å². The van der Waals surface area contributed by atoms with Gasteiger partial charge in [-0.1, -0.05) is 25.8 Å². The summed E-state index contributed by atoms with van der Waals surface area (Å²) >= 11 is 0. The number of hydrogen-bond acceptors (Lipinski definition) is 2. The fourth-order valence-electron chi connectivity index (χ4n) is 3.58. The fraction of sp³-hybridized carbons (Fsp3) is 0.611. The first-order valence-corrected chi connectivity index (χ1v) is 7.98. The summed E-state index contributed by atoms with van der Waals surface area (Å²) in [6.45, 7) is 5.72. The fourth-order valence-corrected chi connectivity index (χ4v) is 3.58. The van der Waals surface area contributed by atoms with Crippen molar-refractivity contribution in [3.05, 3.63) is 35.1 Å². The van der Waals surface area contributed by atoms with Crippen LogP contribution in [0, 0.1) is 18.7 Å². The van der Waals surface area contributed by atoms with Crippen molar-refractivity contribution < 1.29 is 13.9 Å². The van der Waals surface area contributed by atoms with Crippen LogP contribution in [0.2, 0.25) is 0 Å². The molecule has 0 amide bonds. The van der Waals surface area contributed by atoms with Gasteiger partial charge in [0, 0.05) is 12.3 Å². The maximum atomic E-state index is 13.4. The number of hydrogen-bond donors (Lipinski definition) is 0. The molecule has 0 saturated heterocycles. The van der Waals surface area contributed by atoms with Crippen LogP contribution < -0.4 is 0 Å². The van der Waals surface area contributed by atoms with Crippen LogP contribution in [0.1, 0.15) is 63.0 Å². The SMILES string of the molecule is CCC(=O)OC(C)C(c1ccc(F)cc1C)C1CCCC1. The van der Waals surface area contributed by atoms with Crippen molar-refractivity contribution in [2.24, 2.45) is 5.92 Å². The molecule has 0 heterocycles. The molecular formula is C18H25FO2. The quantitative estimate of drug-likeness (QED) is 0.732.